The molecule has 0 aromatic heterocycles. The van der Waals surface area contributed by atoms with Gasteiger partial charge in [0.05, 0.1) is 34.9 Å². The summed E-state index contributed by atoms with van der Waals surface area (Å²) >= 11 is 0. The van der Waals surface area contributed by atoms with E-state index < -0.39 is 84.7 Å². The number of β-lactam (4-membered cyclic amide) rings is 1. The zero-order chi connectivity index (χ0) is 42.0. The Morgan fingerprint density at radius 1 is 0.897 bits per heavy atom. The molecule has 0 radical (unpaired) electrons. The minimum atomic E-state index is -4.04. The quantitative estimate of drug-likeness (QED) is 0.0951. The Kier molecular flexibility index (Phi) is 11.6. The first-order chi connectivity index (χ1) is 27.5. The maximum Gasteiger partial charge on any atom is 0.514 e. The summed E-state index contributed by atoms with van der Waals surface area (Å²) in [6, 6.07) is 15.3. The molecule has 0 spiro atoms. The van der Waals surface area contributed by atoms with Gasteiger partial charge in [0, 0.05) is 0 Å². The second kappa shape index (κ2) is 16.3. The maximum atomic E-state index is 14.2. The monoisotopic (exact) mass is 838 g/mol. The highest BCUT2D eigenvalue weighted by molar-refractivity contribution is 7.89. The van der Waals surface area contributed by atoms with Crippen molar-refractivity contribution in [2.45, 2.75) is 54.9 Å². The second-order valence-electron chi connectivity index (χ2n) is 13.8. The predicted molar refractivity (Wildman–Crippen MR) is 202 cm³/mol. The summed E-state index contributed by atoms with van der Waals surface area (Å²) in [5, 5.41) is 7.19. The molecule has 6 rings (SSSR count). The van der Waals surface area contributed by atoms with Crippen molar-refractivity contribution in [3.63, 3.8) is 0 Å². The van der Waals surface area contributed by atoms with Crippen LogP contribution in [-0.2, 0) is 62.7 Å². The van der Waals surface area contributed by atoms with Crippen LogP contribution in [0.15, 0.2) is 84.9 Å². The first kappa shape index (κ1) is 41.3. The first-order valence-corrected chi connectivity index (χ1v) is 20.6. The number of rotatable bonds is 13. The number of sulfonamides is 1. The number of urea groups is 2. The Morgan fingerprint density at radius 3 is 2.03 bits per heavy atom. The highest BCUT2D eigenvalue weighted by Gasteiger charge is 2.78. The number of carbonyl (C=O) groups is 7. The van der Waals surface area contributed by atoms with Crippen LogP contribution in [0.3, 0.4) is 0 Å². The van der Waals surface area contributed by atoms with Gasteiger partial charge in [-0.2, -0.15) is 0 Å². The fourth-order valence-electron chi connectivity index (χ4n) is 6.83. The van der Waals surface area contributed by atoms with Gasteiger partial charge < -0.3 is 30.2 Å². The smallest absolute Gasteiger partial charge is 0.459 e. The van der Waals surface area contributed by atoms with Crippen molar-refractivity contribution in [3.05, 3.63) is 102 Å². The average molecular weight is 839 g/mol. The summed E-state index contributed by atoms with van der Waals surface area (Å²) in [6.45, 7) is 1.92. The van der Waals surface area contributed by atoms with Gasteiger partial charge in [-0.05, 0) is 42.7 Å². The van der Waals surface area contributed by atoms with Crippen LogP contribution in [0.2, 0.25) is 0 Å². The van der Waals surface area contributed by atoms with Crippen LogP contribution in [0, 0.1) is 0 Å². The number of nitrogens with zero attached hydrogens (tertiary/aromatic N) is 3. The maximum absolute atomic E-state index is 14.2. The lowest BCUT2D eigenvalue weighted by Crippen LogP contribution is -2.84. The van der Waals surface area contributed by atoms with Crippen LogP contribution >= 0.6 is 0 Å². The van der Waals surface area contributed by atoms with E-state index in [-0.39, 0.29) is 44.0 Å². The molecule has 0 bridgehead atoms. The fourth-order valence-corrected chi connectivity index (χ4v) is 9.73. The van der Waals surface area contributed by atoms with Gasteiger partial charge in [0.2, 0.25) is 27.3 Å². The Bertz CT molecular complexity index is 2260. The van der Waals surface area contributed by atoms with Crippen LogP contribution in [0.25, 0.3) is 0 Å². The number of hydrogen-bond donors (Lipinski definition) is 3. The molecule has 19 nitrogen and oxygen atoms in total. The molecule has 3 heterocycles. The summed E-state index contributed by atoms with van der Waals surface area (Å²) in [5.41, 5.74) is 1.36. The molecule has 0 aliphatic carbocycles. The molecule has 3 aliphatic heterocycles. The standard InChI is InChI=1S/C37H38N6O13S2/c1-36(2)29(32(47)54-20-23-10-6-4-7-11-23)43-31(46)28(37(43,38-22-44)57(36)51)40-30(45)27(39-33(48)41-18-19-42(34(41)49)58(3,52)53)25-14-16-26(17-15-25)56-35(50)55-21-24-12-8-5-9-13-24/h4-17,22,27-29H,18-21H2,1-3H3,(H,38,44)(H,39,48)(H,40,45)/t27?,28-,29+,37?,57?/m1/s1. The number of esters is 1. The zero-order valence-electron chi connectivity index (χ0n) is 31.2. The van der Waals surface area contributed by atoms with Crippen LogP contribution in [0.4, 0.5) is 14.4 Å². The van der Waals surface area contributed by atoms with E-state index >= 15 is 0 Å². The normalized spacial score (nSPS) is 22.5. The SMILES string of the molecule is CC1(C)[C@H](C(=O)OCc2ccccc2)N2C(=O)[C@@H](NC(=O)C(NC(=O)N3CCN(S(C)(=O)=O)C3=O)c3ccc(OC(=O)OCc4ccccc4)cc3)C2(NC=O)S1=O. The molecule has 3 aliphatic rings. The molecular weight excluding hydrogens is 801 g/mol. The van der Waals surface area contributed by atoms with E-state index in [1.807, 2.05) is 0 Å². The number of imide groups is 1. The van der Waals surface area contributed by atoms with Crippen molar-refractivity contribution in [1.82, 2.24) is 30.1 Å². The summed E-state index contributed by atoms with van der Waals surface area (Å²) in [7, 11) is -6.31. The number of ether oxygens (including phenoxy) is 3. The van der Waals surface area contributed by atoms with Crippen molar-refractivity contribution in [1.29, 1.82) is 0 Å². The van der Waals surface area contributed by atoms with Gasteiger partial charge in [-0.25, -0.2) is 36.8 Å². The van der Waals surface area contributed by atoms with Gasteiger partial charge >= 0.3 is 24.2 Å². The number of amides is 7. The van der Waals surface area contributed by atoms with E-state index in [2.05, 4.69) is 16.0 Å². The minimum Gasteiger partial charge on any atom is -0.459 e. The van der Waals surface area contributed by atoms with Crippen molar-refractivity contribution in [2.75, 3.05) is 19.3 Å². The van der Waals surface area contributed by atoms with E-state index in [4.69, 9.17) is 14.2 Å². The molecule has 306 valence electrons. The molecule has 0 saturated carbocycles. The molecule has 21 heteroatoms. The molecule has 58 heavy (non-hydrogen) atoms. The third-order valence-corrected chi connectivity index (χ3v) is 13.1. The Hall–Kier alpha value is -6.35. The Labute approximate surface area is 334 Å². The van der Waals surface area contributed by atoms with Gasteiger partial charge in [-0.3, -0.25) is 23.5 Å². The number of hydrogen-bond acceptors (Lipinski definition) is 13. The molecule has 3 N–H and O–H groups in total. The Morgan fingerprint density at radius 2 is 1.48 bits per heavy atom. The highest BCUT2D eigenvalue weighted by atomic mass is 32.2. The van der Waals surface area contributed by atoms with E-state index in [9.17, 15) is 46.2 Å². The fraction of sp³-hybridized carbons (Fsp3) is 0.324. The summed E-state index contributed by atoms with van der Waals surface area (Å²) in [5.74, 6) is -2.96. The van der Waals surface area contributed by atoms with Crippen molar-refractivity contribution in [3.8, 4) is 5.75 Å². The average Bonchev–Trinajstić information content (AvgIpc) is 3.67. The number of fused-ring (bicyclic) bond motifs is 1. The van der Waals surface area contributed by atoms with Gasteiger partial charge in [0.15, 0.2) is 6.04 Å². The lowest BCUT2D eigenvalue weighted by atomic mass is 9.92. The summed E-state index contributed by atoms with van der Waals surface area (Å²) in [4.78, 5) is 91.7. The third kappa shape index (κ3) is 7.81. The van der Waals surface area contributed by atoms with E-state index in [0.29, 0.717) is 20.3 Å². The molecule has 3 unspecified atom stereocenters. The van der Waals surface area contributed by atoms with E-state index in [1.165, 1.54) is 38.1 Å². The third-order valence-electron chi connectivity index (χ3n) is 9.67. The predicted octanol–water partition coefficient (Wildman–Crippen LogP) is 1.23. The zero-order valence-corrected chi connectivity index (χ0v) is 32.8. The largest absolute Gasteiger partial charge is 0.514 e. The Balaban J connectivity index is 1.24. The van der Waals surface area contributed by atoms with Crippen molar-refractivity contribution in [2.24, 2.45) is 0 Å². The molecule has 3 aromatic carbocycles. The second-order valence-corrected chi connectivity index (χ2v) is 17.9. The van der Waals surface area contributed by atoms with Gasteiger partial charge in [0.25, 0.3) is 5.91 Å². The van der Waals surface area contributed by atoms with Crippen molar-refractivity contribution < 1.29 is 60.4 Å². The van der Waals surface area contributed by atoms with Crippen LogP contribution in [0.1, 0.15) is 36.6 Å². The lowest BCUT2D eigenvalue weighted by Gasteiger charge is -2.52. The molecule has 7 amide bonds. The summed E-state index contributed by atoms with van der Waals surface area (Å²) < 4.78 is 53.2. The van der Waals surface area contributed by atoms with E-state index in [1.54, 1.807) is 60.7 Å². The molecule has 3 fully saturated rings. The van der Waals surface area contributed by atoms with Gasteiger partial charge in [-0.1, -0.05) is 72.8 Å². The molecule has 3 aromatic rings. The molecular formula is C37H38N6O13S2. The molecule has 3 saturated heterocycles. The highest BCUT2D eigenvalue weighted by Crippen LogP contribution is 2.50. The number of nitrogens with one attached hydrogen (secondary N) is 3. The number of benzene rings is 3. The van der Waals surface area contributed by atoms with Gasteiger partial charge in [0.1, 0.15) is 31.0 Å². The van der Waals surface area contributed by atoms with Crippen LogP contribution in [-0.4, -0.2) is 110 Å². The van der Waals surface area contributed by atoms with Gasteiger partial charge in [-0.15, -0.1) is 0 Å². The lowest BCUT2D eigenvalue weighted by molar-refractivity contribution is -0.174. The van der Waals surface area contributed by atoms with Crippen molar-refractivity contribution >= 4 is 63.2 Å². The molecule has 5 atom stereocenters. The number of carbonyl (C=O) groups excluding carboxylic acids is 7. The first-order valence-electron chi connectivity index (χ1n) is 17.6. The van der Waals surface area contributed by atoms with Crippen LogP contribution in [0.5, 0.6) is 5.75 Å². The topological polar surface area (TPSA) is 244 Å². The minimum absolute atomic E-state index is 0.0127. The summed E-state index contributed by atoms with van der Waals surface area (Å²) in [6.07, 6.45) is -0.0920. The van der Waals surface area contributed by atoms with E-state index in [0.717, 1.165) is 11.2 Å². The van der Waals surface area contributed by atoms with Crippen LogP contribution < -0.4 is 20.7 Å².